The maximum atomic E-state index is 11.9. The molecule has 2 heterocycles. The van der Waals surface area contributed by atoms with Crippen LogP contribution in [0, 0.1) is 5.92 Å². The van der Waals surface area contributed by atoms with E-state index in [2.05, 4.69) is 26.2 Å². The molecule has 1 aliphatic rings. The smallest absolute Gasteiger partial charge is 0.271 e. The molecular weight excluding hydrogens is 300 g/mol. The highest BCUT2D eigenvalue weighted by Gasteiger charge is 2.16. The standard InChI is InChI=1S/C12H15BrN2OS/c13-10-2-1-5-14-11(10)12(16)15-8-9-3-6-17-7-4-9/h1-2,5,9H,3-4,6-8H2,(H,15,16). The lowest BCUT2D eigenvalue weighted by atomic mass is 10.0. The number of thioether (sulfide) groups is 1. The van der Waals surface area contributed by atoms with Crippen molar-refractivity contribution in [1.82, 2.24) is 10.3 Å². The van der Waals surface area contributed by atoms with E-state index in [1.165, 1.54) is 24.3 Å². The molecule has 3 nitrogen and oxygen atoms in total. The van der Waals surface area contributed by atoms with Crippen molar-refractivity contribution in [3.05, 3.63) is 28.5 Å². The second-order valence-corrected chi connectivity index (χ2v) is 6.18. The van der Waals surface area contributed by atoms with Crippen LogP contribution < -0.4 is 5.32 Å². The summed E-state index contributed by atoms with van der Waals surface area (Å²) in [4.78, 5) is 16.0. The summed E-state index contributed by atoms with van der Waals surface area (Å²) in [5.74, 6) is 2.97. The molecule has 1 aromatic rings. The van der Waals surface area contributed by atoms with Crippen molar-refractivity contribution in [3.63, 3.8) is 0 Å². The van der Waals surface area contributed by atoms with Gasteiger partial charge in [-0.05, 0) is 58.3 Å². The third-order valence-electron chi connectivity index (χ3n) is 2.87. The average molecular weight is 315 g/mol. The Labute approximate surface area is 114 Å². The Morgan fingerprint density at radius 1 is 1.53 bits per heavy atom. The normalized spacial score (nSPS) is 16.8. The van der Waals surface area contributed by atoms with Crippen LogP contribution in [0.3, 0.4) is 0 Å². The third-order valence-corrected chi connectivity index (χ3v) is 4.55. The summed E-state index contributed by atoms with van der Waals surface area (Å²) in [5, 5.41) is 2.97. The van der Waals surface area contributed by atoms with E-state index in [0.717, 1.165) is 11.0 Å². The molecule has 5 heteroatoms. The molecule has 1 N–H and O–H groups in total. The molecule has 0 bridgehead atoms. The van der Waals surface area contributed by atoms with Crippen molar-refractivity contribution < 1.29 is 4.79 Å². The van der Waals surface area contributed by atoms with Crippen LogP contribution in [0.2, 0.25) is 0 Å². The molecule has 0 saturated carbocycles. The molecule has 0 atom stereocenters. The zero-order valence-electron chi connectivity index (χ0n) is 9.49. The van der Waals surface area contributed by atoms with E-state index in [4.69, 9.17) is 0 Å². The number of halogens is 1. The quantitative estimate of drug-likeness (QED) is 0.932. The van der Waals surface area contributed by atoms with Gasteiger partial charge in [0.1, 0.15) is 5.69 Å². The van der Waals surface area contributed by atoms with Gasteiger partial charge in [0.25, 0.3) is 5.91 Å². The molecule has 1 saturated heterocycles. The molecule has 0 aromatic carbocycles. The van der Waals surface area contributed by atoms with E-state index >= 15 is 0 Å². The predicted molar refractivity (Wildman–Crippen MR) is 74.3 cm³/mol. The van der Waals surface area contributed by atoms with Gasteiger partial charge in [-0.15, -0.1) is 0 Å². The number of carbonyl (C=O) groups is 1. The highest BCUT2D eigenvalue weighted by Crippen LogP contribution is 2.22. The van der Waals surface area contributed by atoms with Gasteiger partial charge in [-0.1, -0.05) is 0 Å². The van der Waals surface area contributed by atoms with E-state index in [9.17, 15) is 4.79 Å². The molecule has 0 radical (unpaired) electrons. The monoisotopic (exact) mass is 314 g/mol. The van der Waals surface area contributed by atoms with Crippen LogP contribution in [-0.2, 0) is 0 Å². The topological polar surface area (TPSA) is 42.0 Å². The summed E-state index contributed by atoms with van der Waals surface area (Å²) < 4.78 is 0.747. The van der Waals surface area contributed by atoms with Gasteiger partial charge in [0.15, 0.2) is 0 Å². The van der Waals surface area contributed by atoms with Gasteiger partial charge in [-0.3, -0.25) is 4.79 Å². The lowest BCUT2D eigenvalue weighted by Gasteiger charge is -2.21. The molecule has 17 heavy (non-hydrogen) atoms. The van der Waals surface area contributed by atoms with Crippen LogP contribution >= 0.6 is 27.7 Å². The van der Waals surface area contributed by atoms with Crippen LogP contribution in [0.25, 0.3) is 0 Å². The van der Waals surface area contributed by atoms with Crippen LogP contribution in [-0.4, -0.2) is 28.9 Å². The first-order valence-electron chi connectivity index (χ1n) is 5.74. The summed E-state index contributed by atoms with van der Waals surface area (Å²) in [6, 6.07) is 3.64. The molecule has 2 rings (SSSR count). The van der Waals surface area contributed by atoms with E-state index in [-0.39, 0.29) is 5.91 Å². The molecule has 0 aliphatic carbocycles. The Balaban J connectivity index is 1.87. The Morgan fingerprint density at radius 3 is 3.00 bits per heavy atom. The fourth-order valence-electron chi connectivity index (χ4n) is 1.82. The van der Waals surface area contributed by atoms with Crippen molar-refractivity contribution in [1.29, 1.82) is 0 Å². The van der Waals surface area contributed by atoms with Gasteiger partial charge in [0.2, 0.25) is 0 Å². The van der Waals surface area contributed by atoms with Crippen molar-refractivity contribution >= 4 is 33.6 Å². The summed E-state index contributed by atoms with van der Waals surface area (Å²) in [5.41, 5.74) is 0.470. The molecule has 92 valence electrons. The second-order valence-electron chi connectivity index (χ2n) is 4.10. The van der Waals surface area contributed by atoms with Crippen LogP contribution in [0.5, 0.6) is 0 Å². The highest BCUT2D eigenvalue weighted by atomic mass is 79.9. The Morgan fingerprint density at radius 2 is 2.29 bits per heavy atom. The van der Waals surface area contributed by atoms with Gasteiger partial charge >= 0.3 is 0 Å². The van der Waals surface area contributed by atoms with Crippen LogP contribution in [0.1, 0.15) is 23.3 Å². The molecule has 0 spiro atoms. The first-order valence-corrected chi connectivity index (χ1v) is 7.68. The van der Waals surface area contributed by atoms with Crippen molar-refractivity contribution in [2.45, 2.75) is 12.8 Å². The fraction of sp³-hybridized carbons (Fsp3) is 0.500. The fourth-order valence-corrected chi connectivity index (χ4v) is 3.46. The summed E-state index contributed by atoms with van der Waals surface area (Å²) >= 11 is 5.34. The lowest BCUT2D eigenvalue weighted by molar-refractivity contribution is 0.0940. The minimum atomic E-state index is -0.0873. The SMILES string of the molecule is O=C(NCC1CCSCC1)c1ncccc1Br. The van der Waals surface area contributed by atoms with E-state index in [1.807, 2.05) is 17.8 Å². The zero-order valence-corrected chi connectivity index (χ0v) is 11.9. The second kappa shape index (κ2) is 6.40. The molecule has 0 unspecified atom stereocenters. The van der Waals surface area contributed by atoms with Crippen molar-refractivity contribution in [2.24, 2.45) is 5.92 Å². The van der Waals surface area contributed by atoms with E-state index in [0.29, 0.717) is 11.6 Å². The van der Waals surface area contributed by atoms with E-state index in [1.54, 1.807) is 12.3 Å². The number of rotatable bonds is 3. The number of pyridine rings is 1. The number of nitrogens with zero attached hydrogens (tertiary/aromatic N) is 1. The van der Waals surface area contributed by atoms with Crippen molar-refractivity contribution in [3.8, 4) is 0 Å². The molecule has 1 aromatic heterocycles. The molecule has 1 aliphatic heterocycles. The maximum Gasteiger partial charge on any atom is 0.271 e. The van der Waals surface area contributed by atoms with Gasteiger partial charge in [0.05, 0.1) is 0 Å². The van der Waals surface area contributed by atoms with Crippen molar-refractivity contribution in [2.75, 3.05) is 18.1 Å². The zero-order chi connectivity index (χ0) is 12.1. The van der Waals surface area contributed by atoms with Gasteiger partial charge in [-0.25, -0.2) is 4.98 Å². The average Bonchev–Trinajstić information content (AvgIpc) is 2.38. The summed E-state index contributed by atoms with van der Waals surface area (Å²) in [7, 11) is 0. The van der Waals surface area contributed by atoms with Crippen LogP contribution in [0.4, 0.5) is 0 Å². The number of hydrogen-bond acceptors (Lipinski definition) is 3. The number of nitrogens with one attached hydrogen (secondary N) is 1. The number of aromatic nitrogens is 1. The number of amides is 1. The minimum absolute atomic E-state index is 0.0873. The minimum Gasteiger partial charge on any atom is -0.350 e. The molecular formula is C12H15BrN2OS. The summed E-state index contributed by atoms with van der Waals surface area (Å²) in [6.45, 7) is 0.766. The number of hydrogen-bond donors (Lipinski definition) is 1. The Kier molecular flexibility index (Phi) is 4.86. The Hall–Kier alpha value is -0.550. The van der Waals surface area contributed by atoms with E-state index < -0.39 is 0 Å². The third kappa shape index (κ3) is 3.71. The predicted octanol–water partition coefficient (Wildman–Crippen LogP) is 2.72. The largest absolute Gasteiger partial charge is 0.350 e. The molecule has 1 fully saturated rings. The lowest BCUT2D eigenvalue weighted by Crippen LogP contribution is -2.31. The first kappa shape index (κ1) is 12.9. The number of carbonyl (C=O) groups excluding carboxylic acids is 1. The van der Waals surface area contributed by atoms with Gasteiger partial charge in [-0.2, -0.15) is 11.8 Å². The Bertz CT molecular complexity index is 394. The first-order chi connectivity index (χ1) is 8.27. The van der Waals surface area contributed by atoms with Gasteiger partial charge in [0, 0.05) is 17.2 Å². The maximum absolute atomic E-state index is 11.9. The molecule has 1 amide bonds. The van der Waals surface area contributed by atoms with Crippen LogP contribution in [0.15, 0.2) is 22.8 Å². The highest BCUT2D eigenvalue weighted by molar-refractivity contribution is 9.10. The van der Waals surface area contributed by atoms with Gasteiger partial charge < -0.3 is 5.32 Å². The summed E-state index contributed by atoms with van der Waals surface area (Å²) in [6.07, 6.45) is 4.04.